The zero-order valence-corrected chi connectivity index (χ0v) is 19.3. The van der Waals surface area contributed by atoms with Crippen molar-refractivity contribution in [1.29, 1.82) is 0 Å². The van der Waals surface area contributed by atoms with Gasteiger partial charge in [-0.1, -0.05) is 29.3 Å². The maximum Gasteiger partial charge on any atom is 0.257 e. The number of rotatable bonds is 3. The van der Waals surface area contributed by atoms with Crippen LogP contribution in [-0.2, 0) is 0 Å². The van der Waals surface area contributed by atoms with Crippen LogP contribution in [0.25, 0.3) is 22.6 Å². The summed E-state index contributed by atoms with van der Waals surface area (Å²) in [5.41, 5.74) is 4.69. The number of aryl methyl sites for hydroxylation is 2. The van der Waals surface area contributed by atoms with Crippen molar-refractivity contribution < 1.29 is 14.3 Å². The summed E-state index contributed by atoms with van der Waals surface area (Å²) in [5.74, 6) is -0.179. The second-order valence-corrected chi connectivity index (χ2v) is 8.44. The van der Waals surface area contributed by atoms with Crippen molar-refractivity contribution in [2.24, 2.45) is 0 Å². The highest BCUT2D eigenvalue weighted by molar-refractivity contribution is 7.80. The average Bonchev–Trinajstić information content (AvgIpc) is 3.14. The lowest BCUT2D eigenvalue weighted by molar-refractivity contribution is 0.0977. The summed E-state index contributed by atoms with van der Waals surface area (Å²) in [6.07, 6.45) is 0. The Morgan fingerprint density at radius 1 is 1.06 bits per heavy atom. The van der Waals surface area contributed by atoms with Crippen LogP contribution in [0.15, 0.2) is 52.9 Å². The number of phenols is 1. The van der Waals surface area contributed by atoms with Crippen LogP contribution < -0.4 is 10.6 Å². The molecule has 0 aliphatic rings. The predicted octanol–water partition coefficient (Wildman–Crippen LogP) is 6.25. The molecule has 0 fully saturated rings. The Labute approximate surface area is 199 Å². The Morgan fingerprint density at radius 2 is 1.84 bits per heavy atom. The van der Waals surface area contributed by atoms with Gasteiger partial charge in [-0.15, -0.1) is 0 Å². The van der Waals surface area contributed by atoms with Crippen LogP contribution in [-0.4, -0.2) is 21.1 Å². The number of aromatic nitrogens is 1. The molecule has 0 unspecified atom stereocenters. The topological polar surface area (TPSA) is 87.4 Å². The Bertz CT molecular complexity index is 1380. The second kappa shape index (κ2) is 8.78. The summed E-state index contributed by atoms with van der Waals surface area (Å²) in [4.78, 5) is 16.8. The number of phenolic OH excluding ortho intramolecular Hbond substituents is 1. The number of carbonyl (C=O) groups excluding carboxylic acids is 1. The maximum atomic E-state index is 12.3. The van der Waals surface area contributed by atoms with Gasteiger partial charge in [0.1, 0.15) is 11.3 Å². The van der Waals surface area contributed by atoms with Gasteiger partial charge in [0, 0.05) is 17.3 Å². The lowest BCUT2D eigenvalue weighted by atomic mass is 10.1. The Balaban J connectivity index is 1.49. The van der Waals surface area contributed by atoms with E-state index in [0.29, 0.717) is 33.3 Å². The smallest absolute Gasteiger partial charge is 0.257 e. The van der Waals surface area contributed by atoms with Crippen LogP contribution in [0, 0.1) is 13.8 Å². The number of nitrogens with zero attached hydrogens (tertiary/aromatic N) is 1. The van der Waals surface area contributed by atoms with Crippen LogP contribution in [0.1, 0.15) is 21.5 Å². The van der Waals surface area contributed by atoms with Gasteiger partial charge in [-0.25, -0.2) is 4.98 Å². The van der Waals surface area contributed by atoms with E-state index in [9.17, 15) is 9.90 Å². The number of fused-ring (bicyclic) bond motifs is 1. The molecule has 1 heterocycles. The molecule has 0 atom stereocenters. The molecule has 0 saturated carbocycles. The minimum absolute atomic E-state index is 0.0467. The molecule has 0 saturated heterocycles. The fourth-order valence-electron chi connectivity index (χ4n) is 3.26. The van der Waals surface area contributed by atoms with E-state index in [-0.39, 0.29) is 15.9 Å². The highest BCUT2D eigenvalue weighted by Gasteiger charge is 2.15. The standard InChI is InChI=1S/C23H17Cl2N3O3S/c1-11-7-12(2)20-18(8-11)27-22(31-20)15-5-4-14(10-19(15)29)26-23(32)28-21(30)13-3-6-16(24)17(25)9-13/h3-10,29H,1-2H3,(H2,26,28,30,32). The first-order valence-electron chi connectivity index (χ1n) is 9.50. The van der Waals surface area contributed by atoms with Crippen molar-refractivity contribution in [3.8, 4) is 17.2 Å². The summed E-state index contributed by atoms with van der Waals surface area (Å²) in [5, 5.41) is 16.6. The summed E-state index contributed by atoms with van der Waals surface area (Å²) >= 11 is 17.0. The number of carbonyl (C=O) groups is 1. The van der Waals surface area contributed by atoms with E-state index in [1.165, 1.54) is 24.3 Å². The molecular weight excluding hydrogens is 469 g/mol. The third-order valence-electron chi connectivity index (χ3n) is 4.71. The fraction of sp³-hybridized carbons (Fsp3) is 0.0870. The molecule has 0 spiro atoms. The monoisotopic (exact) mass is 485 g/mol. The third-order valence-corrected chi connectivity index (χ3v) is 5.66. The molecule has 3 aromatic carbocycles. The van der Waals surface area contributed by atoms with Gasteiger partial charge < -0.3 is 14.8 Å². The van der Waals surface area contributed by atoms with Gasteiger partial charge in [-0.05, 0) is 73.6 Å². The second-order valence-electron chi connectivity index (χ2n) is 7.22. The zero-order valence-electron chi connectivity index (χ0n) is 17.0. The van der Waals surface area contributed by atoms with Gasteiger partial charge in [0.15, 0.2) is 10.7 Å². The molecule has 1 amide bonds. The number of hydrogen-bond acceptors (Lipinski definition) is 5. The summed E-state index contributed by atoms with van der Waals surface area (Å²) in [6.45, 7) is 3.94. The molecule has 32 heavy (non-hydrogen) atoms. The van der Waals surface area contributed by atoms with Crippen LogP contribution in [0.5, 0.6) is 5.75 Å². The first-order chi connectivity index (χ1) is 15.2. The van der Waals surface area contributed by atoms with E-state index in [1.807, 2.05) is 26.0 Å². The third kappa shape index (κ3) is 4.55. The Hall–Kier alpha value is -3.13. The highest BCUT2D eigenvalue weighted by Crippen LogP contribution is 2.34. The van der Waals surface area contributed by atoms with E-state index in [0.717, 1.165) is 16.6 Å². The van der Waals surface area contributed by atoms with E-state index in [1.54, 1.807) is 12.1 Å². The van der Waals surface area contributed by atoms with Crippen molar-refractivity contribution in [2.45, 2.75) is 13.8 Å². The number of hydrogen-bond donors (Lipinski definition) is 3. The largest absolute Gasteiger partial charge is 0.507 e. The van der Waals surface area contributed by atoms with Crippen molar-refractivity contribution in [2.75, 3.05) is 5.32 Å². The van der Waals surface area contributed by atoms with Crippen molar-refractivity contribution in [3.63, 3.8) is 0 Å². The first-order valence-corrected chi connectivity index (χ1v) is 10.7. The van der Waals surface area contributed by atoms with Crippen molar-refractivity contribution in [1.82, 2.24) is 10.3 Å². The summed E-state index contributed by atoms with van der Waals surface area (Å²) < 4.78 is 5.87. The average molecular weight is 486 g/mol. The zero-order chi connectivity index (χ0) is 23.0. The number of oxazole rings is 1. The van der Waals surface area contributed by atoms with Gasteiger partial charge in [0.2, 0.25) is 5.89 Å². The molecule has 0 bridgehead atoms. The van der Waals surface area contributed by atoms with Crippen LogP contribution >= 0.6 is 35.4 Å². The number of halogens is 2. The fourth-order valence-corrected chi connectivity index (χ4v) is 3.77. The van der Waals surface area contributed by atoms with Gasteiger partial charge in [-0.3, -0.25) is 10.1 Å². The molecule has 1 aromatic heterocycles. The van der Waals surface area contributed by atoms with E-state index in [2.05, 4.69) is 15.6 Å². The van der Waals surface area contributed by atoms with E-state index >= 15 is 0 Å². The molecule has 9 heteroatoms. The number of aromatic hydroxyl groups is 1. The highest BCUT2D eigenvalue weighted by atomic mass is 35.5. The number of thiocarbonyl (C=S) groups is 1. The summed E-state index contributed by atoms with van der Waals surface area (Å²) in [7, 11) is 0. The lowest BCUT2D eigenvalue weighted by Crippen LogP contribution is -2.34. The maximum absolute atomic E-state index is 12.3. The molecule has 0 aliphatic carbocycles. The molecule has 162 valence electrons. The van der Waals surface area contributed by atoms with Crippen molar-refractivity contribution in [3.05, 3.63) is 75.3 Å². The number of nitrogens with one attached hydrogen (secondary N) is 2. The lowest BCUT2D eigenvalue weighted by Gasteiger charge is -2.11. The normalized spacial score (nSPS) is 10.9. The quantitative estimate of drug-likeness (QED) is 0.297. The number of benzene rings is 3. The molecule has 0 radical (unpaired) electrons. The molecule has 4 aromatic rings. The number of anilines is 1. The SMILES string of the molecule is Cc1cc(C)c2oc(-c3ccc(NC(=S)NC(=O)c4ccc(Cl)c(Cl)c4)cc3O)nc2c1. The Morgan fingerprint density at radius 3 is 2.56 bits per heavy atom. The van der Waals surface area contributed by atoms with E-state index in [4.69, 9.17) is 39.8 Å². The van der Waals surface area contributed by atoms with Crippen molar-refractivity contribution >= 4 is 63.2 Å². The van der Waals surface area contributed by atoms with Crippen LogP contribution in [0.2, 0.25) is 10.0 Å². The molecule has 6 nitrogen and oxygen atoms in total. The van der Waals surface area contributed by atoms with Crippen LogP contribution in [0.3, 0.4) is 0 Å². The number of amides is 1. The summed E-state index contributed by atoms with van der Waals surface area (Å²) in [6, 6.07) is 13.3. The molecule has 3 N–H and O–H groups in total. The van der Waals surface area contributed by atoms with Gasteiger partial charge in [-0.2, -0.15) is 0 Å². The van der Waals surface area contributed by atoms with E-state index < -0.39 is 5.91 Å². The van der Waals surface area contributed by atoms with Crippen LogP contribution in [0.4, 0.5) is 5.69 Å². The molecular formula is C23H17Cl2N3O3S. The molecule has 4 rings (SSSR count). The molecule has 0 aliphatic heterocycles. The predicted molar refractivity (Wildman–Crippen MR) is 131 cm³/mol. The minimum atomic E-state index is -0.445. The van der Waals surface area contributed by atoms with Gasteiger partial charge >= 0.3 is 0 Å². The first kappa shape index (κ1) is 22.1. The van der Waals surface area contributed by atoms with Gasteiger partial charge in [0.25, 0.3) is 5.91 Å². The minimum Gasteiger partial charge on any atom is -0.507 e. The van der Waals surface area contributed by atoms with Gasteiger partial charge in [0.05, 0.1) is 15.6 Å². The Kier molecular flexibility index (Phi) is 6.06.